The van der Waals surface area contributed by atoms with E-state index >= 15 is 0 Å². The number of hydrogen-bond donors (Lipinski definition) is 1. The van der Waals surface area contributed by atoms with Crippen LogP contribution < -0.4 is 10.3 Å². The van der Waals surface area contributed by atoms with Crippen LogP contribution in [-0.2, 0) is 11.3 Å². The number of aromatic nitrogens is 2. The van der Waals surface area contributed by atoms with Gasteiger partial charge in [0.15, 0.2) is 0 Å². The van der Waals surface area contributed by atoms with Crippen LogP contribution in [0.1, 0.15) is 27.2 Å². The first-order valence-corrected chi connectivity index (χ1v) is 7.85. The molecule has 0 radical (unpaired) electrons. The molecule has 2 rings (SSSR count). The first-order chi connectivity index (χ1) is 12.4. The van der Waals surface area contributed by atoms with Gasteiger partial charge in [-0.1, -0.05) is 6.07 Å². The van der Waals surface area contributed by atoms with Crippen LogP contribution in [0.5, 0.6) is 5.75 Å². The molecular formula is C18H19N3O5. The zero-order valence-electron chi connectivity index (χ0n) is 14.7. The second kappa shape index (κ2) is 8.27. The first-order valence-electron chi connectivity index (χ1n) is 7.85. The van der Waals surface area contributed by atoms with Crippen LogP contribution >= 0.6 is 0 Å². The van der Waals surface area contributed by atoms with E-state index in [0.717, 1.165) is 4.68 Å². The predicted octanol–water partition coefficient (Wildman–Crippen LogP) is 0.958. The molecule has 1 atom stereocenters. The van der Waals surface area contributed by atoms with Crippen LogP contribution in [0.4, 0.5) is 0 Å². The maximum atomic E-state index is 12.2. The molecule has 0 aliphatic rings. The van der Waals surface area contributed by atoms with Crippen LogP contribution in [-0.4, -0.2) is 40.7 Å². The van der Waals surface area contributed by atoms with E-state index in [-0.39, 0.29) is 18.7 Å². The number of esters is 1. The number of methoxy groups -OCH3 is 1. The summed E-state index contributed by atoms with van der Waals surface area (Å²) in [5, 5.41) is 23.3. The van der Waals surface area contributed by atoms with Crippen molar-refractivity contribution in [1.82, 2.24) is 9.78 Å². The highest BCUT2D eigenvalue weighted by molar-refractivity contribution is 5.89. The molecular weight excluding hydrogens is 338 g/mol. The zero-order valence-corrected chi connectivity index (χ0v) is 14.7. The van der Waals surface area contributed by atoms with E-state index in [1.165, 1.54) is 13.2 Å². The summed E-state index contributed by atoms with van der Waals surface area (Å²) < 4.78 is 11.2. The fraction of sp³-hybridized carbons (Fsp3) is 0.333. The molecule has 8 heteroatoms. The van der Waals surface area contributed by atoms with Crippen LogP contribution in [0.15, 0.2) is 29.1 Å². The summed E-state index contributed by atoms with van der Waals surface area (Å²) in [6, 6.07) is 8.20. The lowest BCUT2D eigenvalue weighted by atomic mass is 10.1. The average molecular weight is 357 g/mol. The summed E-state index contributed by atoms with van der Waals surface area (Å²) in [5.74, 6) is -0.115. The lowest BCUT2D eigenvalue weighted by molar-refractivity contribution is 0.0599. The molecule has 26 heavy (non-hydrogen) atoms. The van der Waals surface area contributed by atoms with Crippen molar-refractivity contribution in [2.75, 3.05) is 13.7 Å². The minimum atomic E-state index is -1.03. The Bertz CT molecular complexity index is 914. The van der Waals surface area contributed by atoms with Crippen LogP contribution in [0.3, 0.4) is 0 Å². The zero-order chi connectivity index (χ0) is 19.3. The lowest BCUT2D eigenvalue weighted by Gasteiger charge is -2.15. The van der Waals surface area contributed by atoms with Gasteiger partial charge in [0.1, 0.15) is 30.1 Å². The van der Waals surface area contributed by atoms with Crippen molar-refractivity contribution >= 4 is 5.97 Å². The average Bonchev–Trinajstić information content (AvgIpc) is 2.64. The molecule has 0 bridgehead atoms. The van der Waals surface area contributed by atoms with E-state index < -0.39 is 17.6 Å². The highest BCUT2D eigenvalue weighted by Gasteiger charge is 2.15. The van der Waals surface area contributed by atoms with Gasteiger partial charge in [0.2, 0.25) is 0 Å². The highest BCUT2D eigenvalue weighted by atomic mass is 16.5. The Morgan fingerprint density at radius 2 is 2.15 bits per heavy atom. The SMILES string of the molecule is COC(=O)c1cccc(OC[C@H](O)Cn2nc(C)c(C)c(C#N)c2=O)c1. The molecule has 2 aromatic rings. The number of rotatable bonds is 6. The van der Waals surface area contributed by atoms with E-state index in [1.807, 2.05) is 6.07 Å². The summed E-state index contributed by atoms with van der Waals surface area (Å²) in [4.78, 5) is 23.7. The highest BCUT2D eigenvalue weighted by Crippen LogP contribution is 2.14. The predicted molar refractivity (Wildman–Crippen MR) is 92.0 cm³/mol. The maximum absolute atomic E-state index is 12.2. The third kappa shape index (κ3) is 4.26. The first kappa shape index (κ1) is 19.1. The van der Waals surface area contributed by atoms with Gasteiger partial charge in [-0.3, -0.25) is 4.79 Å². The van der Waals surface area contributed by atoms with Crippen molar-refractivity contribution in [3.05, 3.63) is 57.0 Å². The van der Waals surface area contributed by atoms with Crippen molar-refractivity contribution in [1.29, 1.82) is 5.26 Å². The minimum absolute atomic E-state index is 0.0106. The second-order valence-electron chi connectivity index (χ2n) is 5.67. The fourth-order valence-corrected chi connectivity index (χ4v) is 2.30. The van der Waals surface area contributed by atoms with Gasteiger partial charge in [-0.05, 0) is 37.6 Å². The topological polar surface area (TPSA) is 114 Å². The van der Waals surface area contributed by atoms with Gasteiger partial charge in [0.25, 0.3) is 5.56 Å². The van der Waals surface area contributed by atoms with E-state index in [1.54, 1.807) is 32.0 Å². The minimum Gasteiger partial charge on any atom is -0.491 e. The molecule has 0 amide bonds. The Kier molecular flexibility index (Phi) is 6.09. The summed E-state index contributed by atoms with van der Waals surface area (Å²) in [6.45, 7) is 3.10. The molecule has 1 aromatic heterocycles. The smallest absolute Gasteiger partial charge is 0.337 e. The van der Waals surface area contributed by atoms with Gasteiger partial charge in [-0.15, -0.1) is 0 Å². The van der Waals surface area contributed by atoms with Crippen molar-refractivity contribution in [3.8, 4) is 11.8 Å². The maximum Gasteiger partial charge on any atom is 0.337 e. The number of nitrogens with zero attached hydrogens (tertiary/aromatic N) is 3. The molecule has 0 fully saturated rings. The standard InChI is InChI=1S/C18H19N3O5/c1-11-12(2)20-21(17(23)16(11)8-19)9-14(22)10-26-15-6-4-5-13(7-15)18(24)25-3/h4-7,14,22H,9-10H2,1-3H3/t14-/m1/s1. The molecule has 1 heterocycles. The number of hydrogen-bond acceptors (Lipinski definition) is 7. The largest absolute Gasteiger partial charge is 0.491 e. The number of nitriles is 1. The van der Waals surface area contributed by atoms with Gasteiger partial charge in [0, 0.05) is 0 Å². The second-order valence-corrected chi connectivity index (χ2v) is 5.67. The lowest BCUT2D eigenvalue weighted by Crippen LogP contribution is -2.34. The Hall–Kier alpha value is -3.18. The number of aliphatic hydroxyl groups excluding tert-OH is 1. The van der Waals surface area contributed by atoms with E-state index in [4.69, 9.17) is 10.00 Å². The van der Waals surface area contributed by atoms with Gasteiger partial charge >= 0.3 is 5.97 Å². The van der Waals surface area contributed by atoms with Crippen molar-refractivity contribution in [3.63, 3.8) is 0 Å². The molecule has 1 N–H and O–H groups in total. The molecule has 0 saturated heterocycles. The summed E-state index contributed by atoms with van der Waals surface area (Å²) in [6.07, 6.45) is -1.03. The fourth-order valence-electron chi connectivity index (χ4n) is 2.30. The monoisotopic (exact) mass is 357 g/mol. The third-order valence-electron chi connectivity index (χ3n) is 3.83. The van der Waals surface area contributed by atoms with Crippen molar-refractivity contribution in [2.24, 2.45) is 0 Å². The van der Waals surface area contributed by atoms with Gasteiger partial charge in [-0.2, -0.15) is 10.4 Å². The van der Waals surface area contributed by atoms with Crippen LogP contribution in [0.2, 0.25) is 0 Å². The number of aryl methyl sites for hydroxylation is 1. The van der Waals surface area contributed by atoms with Crippen molar-refractivity contribution < 1.29 is 19.4 Å². The quantitative estimate of drug-likeness (QED) is 0.766. The van der Waals surface area contributed by atoms with Gasteiger partial charge < -0.3 is 14.6 Å². The summed E-state index contributed by atoms with van der Waals surface area (Å²) in [5.41, 5.74) is 0.850. The number of carbonyl (C=O) groups is 1. The van der Waals surface area contributed by atoms with Gasteiger partial charge in [0.05, 0.1) is 24.9 Å². The third-order valence-corrected chi connectivity index (χ3v) is 3.83. The van der Waals surface area contributed by atoms with E-state index in [9.17, 15) is 14.7 Å². The summed E-state index contributed by atoms with van der Waals surface area (Å²) in [7, 11) is 1.28. The number of aliphatic hydroxyl groups is 1. The molecule has 0 saturated carbocycles. The molecule has 136 valence electrons. The molecule has 8 nitrogen and oxygen atoms in total. The normalized spacial score (nSPS) is 11.5. The molecule has 0 aliphatic carbocycles. The Morgan fingerprint density at radius 3 is 2.81 bits per heavy atom. The van der Waals surface area contributed by atoms with Crippen molar-refractivity contribution in [2.45, 2.75) is 26.5 Å². The Labute approximate surface area is 150 Å². The summed E-state index contributed by atoms with van der Waals surface area (Å²) >= 11 is 0. The molecule has 0 aliphatic heterocycles. The molecule has 0 spiro atoms. The number of ether oxygens (including phenoxy) is 2. The Morgan fingerprint density at radius 1 is 1.42 bits per heavy atom. The van der Waals surface area contributed by atoms with Gasteiger partial charge in [-0.25, -0.2) is 9.48 Å². The van der Waals surface area contributed by atoms with E-state index in [0.29, 0.717) is 22.6 Å². The van der Waals surface area contributed by atoms with E-state index in [2.05, 4.69) is 9.84 Å². The number of benzene rings is 1. The van der Waals surface area contributed by atoms with Crippen LogP contribution in [0, 0.1) is 25.2 Å². The number of carbonyl (C=O) groups excluding carboxylic acids is 1. The Balaban J connectivity index is 2.08. The molecule has 0 unspecified atom stereocenters. The molecule has 1 aromatic carbocycles. The van der Waals surface area contributed by atoms with Crippen LogP contribution in [0.25, 0.3) is 0 Å².